The molecule has 1 atom stereocenters. The Morgan fingerprint density at radius 3 is 2.18 bits per heavy atom. The first-order valence-electron chi connectivity index (χ1n) is 6.45. The number of halogens is 1. The summed E-state index contributed by atoms with van der Waals surface area (Å²) in [6.07, 6.45) is 2.72. The predicted octanol–water partition coefficient (Wildman–Crippen LogP) is 2.86. The maximum absolute atomic E-state index is 12.1. The van der Waals surface area contributed by atoms with Gasteiger partial charge in [0.1, 0.15) is 0 Å². The summed E-state index contributed by atoms with van der Waals surface area (Å²) >= 11 is 3.59. The van der Waals surface area contributed by atoms with Gasteiger partial charge in [-0.25, -0.2) is 12.7 Å². The Kier molecular flexibility index (Phi) is 5.93. The summed E-state index contributed by atoms with van der Waals surface area (Å²) in [5, 5.41) is 0. The minimum Gasteiger partial charge on any atom is -0.212 e. The summed E-state index contributed by atoms with van der Waals surface area (Å²) < 4.78 is 25.8. The van der Waals surface area contributed by atoms with Crippen LogP contribution in [0.2, 0.25) is 0 Å². The first-order chi connectivity index (χ1) is 7.83. The number of hydrogen-bond donors (Lipinski definition) is 0. The highest BCUT2D eigenvalue weighted by atomic mass is 79.9. The zero-order chi connectivity index (χ0) is 13.1. The fraction of sp³-hybridized carbons (Fsp3) is 1.00. The average Bonchev–Trinajstić information content (AvgIpc) is 2.27. The maximum Gasteiger partial charge on any atom is 0.214 e. The van der Waals surface area contributed by atoms with Crippen molar-refractivity contribution in [1.82, 2.24) is 4.31 Å². The zero-order valence-electron chi connectivity index (χ0n) is 11.0. The van der Waals surface area contributed by atoms with Crippen LogP contribution in [-0.2, 0) is 10.0 Å². The third-order valence-corrected chi connectivity index (χ3v) is 6.15. The maximum atomic E-state index is 12.1. The van der Waals surface area contributed by atoms with Crippen LogP contribution in [0, 0.1) is 11.8 Å². The molecule has 1 saturated heterocycles. The normalized spacial score (nSPS) is 21.9. The Morgan fingerprint density at radius 2 is 1.76 bits per heavy atom. The van der Waals surface area contributed by atoms with E-state index >= 15 is 0 Å². The van der Waals surface area contributed by atoms with E-state index in [-0.39, 0.29) is 0 Å². The summed E-state index contributed by atoms with van der Waals surface area (Å²) in [6.45, 7) is 7.66. The van der Waals surface area contributed by atoms with Crippen LogP contribution in [0.25, 0.3) is 0 Å². The number of piperidine rings is 1. The lowest BCUT2D eigenvalue weighted by molar-refractivity contribution is 0.274. The summed E-state index contributed by atoms with van der Waals surface area (Å²) in [6, 6.07) is 0. The van der Waals surface area contributed by atoms with Gasteiger partial charge in [-0.2, -0.15) is 0 Å². The van der Waals surface area contributed by atoms with E-state index in [1.807, 2.05) is 0 Å². The van der Waals surface area contributed by atoms with Gasteiger partial charge in [-0.05, 0) is 31.1 Å². The number of alkyl halides is 1. The van der Waals surface area contributed by atoms with Gasteiger partial charge in [-0.15, -0.1) is 0 Å². The quantitative estimate of drug-likeness (QED) is 0.729. The Hall–Kier alpha value is 0.390. The molecule has 0 aromatic heterocycles. The standard InChI is InChI=1S/C12H24BrNO2S/c1-10(2)6-9-17(15,16)14-7-4-12(5-8-14)11(3)13/h10-12H,4-9H2,1-3H3. The molecule has 1 unspecified atom stereocenters. The molecule has 1 heterocycles. The van der Waals surface area contributed by atoms with Crippen molar-refractivity contribution in [2.24, 2.45) is 11.8 Å². The van der Waals surface area contributed by atoms with E-state index in [9.17, 15) is 8.42 Å². The molecule has 0 aromatic carbocycles. The van der Waals surface area contributed by atoms with Gasteiger partial charge in [-0.1, -0.05) is 36.7 Å². The molecule has 0 spiro atoms. The molecule has 1 rings (SSSR count). The molecule has 17 heavy (non-hydrogen) atoms. The third-order valence-electron chi connectivity index (χ3n) is 3.49. The molecular weight excluding hydrogens is 302 g/mol. The van der Waals surface area contributed by atoms with Crippen molar-refractivity contribution in [2.45, 2.75) is 44.9 Å². The van der Waals surface area contributed by atoms with Gasteiger partial charge in [0.2, 0.25) is 10.0 Å². The van der Waals surface area contributed by atoms with E-state index in [2.05, 4.69) is 36.7 Å². The lowest BCUT2D eigenvalue weighted by Gasteiger charge is -2.32. The van der Waals surface area contributed by atoms with E-state index in [0.717, 1.165) is 19.3 Å². The third kappa shape index (κ3) is 4.87. The molecule has 1 fully saturated rings. The molecule has 0 radical (unpaired) electrons. The van der Waals surface area contributed by atoms with Gasteiger partial charge in [0.05, 0.1) is 5.75 Å². The molecule has 102 valence electrons. The fourth-order valence-electron chi connectivity index (χ4n) is 2.13. The highest BCUT2D eigenvalue weighted by Crippen LogP contribution is 2.26. The van der Waals surface area contributed by atoms with E-state index in [1.165, 1.54) is 0 Å². The molecular formula is C12H24BrNO2S. The SMILES string of the molecule is CC(C)CCS(=O)(=O)N1CCC(C(C)Br)CC1. The van der Waals surface area contributed by atoms with Crippen molar-refractivity contribution in [2.75, 3.05) is 18.8 Å². The monoisotopic (exact) mass is 325 g/mol. The van der Waals surface area contributed by atoms with E-state index < -0.39 is 10.0 Å². The number of hydrogen-bond acceptors (Lipinski definition) is 2. The highest BCUT2D eigenvalue weighted by molar-refractivity contribution is 9.09. The second-order valence-electron chi connectivity index (χ2n) is 5.41. The van der Waals surface area contributed by atoms with Crippen LogP contribution >= 0.6 is 15.9 Å². The average molecular weight is 326 g/mol. The Morgan fingerprint density at radius 1 is 1.24 bits per heavy atom. The van der Waals surface area contributed by atoms with Crippen LogP contribution < -0.4 is 0 Å². The first-order valence-corrected chi connectivity index (χ1v) is 8.97. The van der Waals surface area contributed by atoms with Crippen molar-refractivity contribution in [3.63, 3.8) is 0 Å². The van der Waals surface area contributed by atoms with Gasteiger partial charge in [0.25, 0.3) is 0 Å². The van der Waals surface area contributed by atoms with E-state index in [4.69, 9.17) is 0 Å². The smallest absolute Gasteiger partial charge is 0.212 e. The molecule has 0 bridgehead atoms. The number of sulfonamides is 1. The summed E-state index contributed by atoms with van der Waals surface area (Å²) in [4.78, 5) is 0.489. The van der Waals surface area contributed by atoms with Crippen LogP contribution in [-0.4, -0.2) is 36.4 Å². The van der Waals surface area contributed by atoms with Gasteiger partial charge in [-0.3, -0.25) is 0 Å². The van der Waals surface area contributed by atoms with E-state index in [0.29, 0.717) is 35.5 Å². The zero-order valence-corrected chi connectivity index (χ0v) is 13.4. The van der Waals surface area contributed by atoms with Crippen molar-refractivity contribution >= 4 is 26.0 Å². The topological polar surface area (TPSA) is 37.4 Å². The summed E-state index contributed by atoms with van der Waals surface area (Å²) in [5.74, 6) is 1.37. The van der Waals surface area contributed by atoms with Crippen LogP contribution in [0.4, 0.5) is 0 Å². The molecule has 0 amide bonds. The van der Waals surface area contributed by atoms with Crippen molar-refractivity contribution in [3.8, 4) is 0 Å². The van der Waals surface area contributed by atoms with Crippen molar-refractivity contribution < 1.29 is 8.42 Å². The van der Waals surface area contributed by atoms with Gasteiger partial charge >= 0.3 is 0 Å². The Balaban J connectivity index is 2.47. The van der Waals surface area contributed by atoms with Gasteiger partial charge < -0.3 is 0 Å². The molecule has 0 aromatic rings. The summed E-state index contributed by atoms with van der Waals surface area (Å²) in [5.41, 5.74) is 0. The van der Waals surface area contributed by atoms with Gasteiger partial charge in [0, 0.05) is 17.9 Å². The predicted molar refractivity (Wildman–Crippen MR) is 75.9 cm³/mol. The first kappa shape index (κ1) is 15.4. The number of nitrogens with zero attached hydrogens (tertiary/aromatic N) is 1. The van der Waals surface area contributed by atoms with Crippen molar-refractivity contribution in [3.05, 3.63) is 0 Å². The van der Waals surface area contributed by atoms with Crippen LogP contribution in [0.15, 0.2) is 0 Å². The molecule has 1 aliphatic heterocycles. The molecule has 3 nitrogen and oxygen atoms in total. The largest absolute Gasteiger partial charge is 0.214 e. The molecule has 5 heteroatoms. The van der Waals surface area contributed by atoms with Crippen LogP contribution in [0.5, 0.6) is 0 Å². The highest BCUT2D eigenvalue weighted by Gasteiger charge is 2.29. The molecule has 1 aliphatic rings. The van der Waals surface area contributed by atoms with Gasteiger partial charge in [0.15, 0.2) is 0 Å². The second kappa shape index (κ2) is 6.53. The Bertz CT molecular complexity index is 319. The summed E-state index contributed by atoms with van der Waals surface area (Å²) in [7, 11) is -3.01. The van der Waals surface area contributed by atoms with E-state index in [1.54, 1.807) is 4.31 Å². The fourth-order valence-corrected chi connectivity index (χ4v) is 4.45. The van der Waals surface area contributed by atoms with Crippen molar-refractivity contribution in [1.29, 1.82) is 0 Å². The second-order valence-corrected chi connectivity index (χ2v) is 8.95. The molecule has 0 N–H and O–H groups in total. The lowest BCUT2D eigenvalue weighted by Crippen LogP contribution is -2.41. The van der Waals surface area contributed by atoms with Crippen LogP contribution in [0.1, 0.15) is 40.0 Å². The lowest BCUT2D eigenvalue weighted by atomic mass is 9.96. The molecule has 0 aliphatic carbocycles. The minimum atomic E-state index is -3.01. The minimum absolute atomic E-state index is 0.305. The number of rotatable bonds is 5. The molecule has 0 saturated carbocycles. The Labute approximate surface area is 114 Å². The van der Waals surface area contributed by atoms with Crippen LogP contribution in [0.3, 0.4) is 0 Å².